The highest BCUT2D eigenvalue weighted by atomic mass is 15.0. The van der Waals surface area contributed by atoms with Crippen LogP contribution in [-0.2, 0) is 0 Å². The molecular weight excluding hydrogens is 428 g/mol. The van der Waals surface area contributed by atoms with Gasteiger partial charge < -0.3 is 5.32 Å². The summed E-state index contributed by atoms with van der Waals surface area (Å²) in [4.78, 5) is 14.7. The van der Waals surface area contributed by atoms with E-state index in [1.54, 1.807) is 0 Å². The minimum atomic E-state index is 0.700. The van der Waals surface area contributed by atoms with Crippen molar-refractivity contribution in [1.29, 1.82) is 0 Å². The molecule has 6 rings (SSSR count). The molecule has 4 aromatic rings. The van der Waals surface area contributed by atoms with Crippen molar-refractivity contribution in [2.45, 2.75) is 19.8 Å². The first-order valence-corrected chi connectivity index (χ1v) is 12.1. The van der Waals surface area contributed by atoms with Crippen LogP contribution in [0.5, 0.6) is 0 Å². The minimum Gasteiger partial charge on any atom is -0.381 e. The number of fused-ring (bicyclic) bond motifs is 1. The number of hydrogen-bond acceptors (Lipinski definition) is 4. The molecule has 0 atom stereocenters. The van der Waals surface area contributed by atoms with Crippen LogP contribution in [0.3, 0.4) is 0 Å². The molecule has 0 unspecified atom stereocenters. The fourth-order valence-corrected chi connectivity index (χ4v) is 4.74. The third kappa shape index (κ3) is 4.19. The average Bonchev–Trinajstić information content (AvgIpc) is 2.94. The Morgan fingerprint density at radius 1 is 0.743 bits per heavy atom. The zero-order valence-electron chi connectivity index (χ0n) is 19.7. The minimum absolute atomic E-state index is 0.700. The van der Waals surface area contributed by atoms with Gasteiger partial charge in [0.05, 0.1) is 0 Å². The maximum absolute atomic E-state index is 4.94. The molecule has 1 aliphatic carbocycles. The number of rotatable bonds is 4. The number of benzene rings is 3. The van der Waals surface area contributed by atoms with Crippen LogP contribution in [0, 0.1) is 6.92 Å². The topological polar surface area (TPSA) is 50.7 Å². The van der Waals surface area contributed by atoms with Gasteiger partial charge in [-0.25, -0.2) is 15.0 Å². The summed E-state index contributed by atoms with van der Waals surface area (Å²) in [5.74, 6) is 2.15. The molecule has 0 saturated carbocycles. The van der Waals surface area contributed by atoms with Crippen LogP contribution in [0.2, 0.25) is 0 Å². The van der Waals surface area contributed by atoms with Gasteiger partial charge in [0, 0.05) is 28.9 Å². The summed E-state index contributed by atoms with van der Waals surface area (Å²) in [5.41, 5.74) is 9.33. The molecule has 35 heavy (non-hydrogen) atoms. The maximum atomic E-state index is 4.94. The number of nitrogens with one attached hydrogen (secondary N) is 1. The summed E-state index contributed by atoms with van der Waals surface area (Å²) in [7, 11) is 0. The van der Waals surface area contributed by atoms with E-state index in [1.165, 1.54) is 28.0 Å². The van der Waals surface area contributed by atoms with E-state index in [0.29, 0.717) is 11.6 Å². The van der Waals surface area contributed by atoms with Crippen molar-refractivity contribution in [2.24, 2.45) is 0 Å². The van der Waals surface area contributed by atoms with Gasteiger partial charge in [-0.3, -0.25) is 0 Å². The van der Waals surface area contributed by atoms with E-state index in [0.717, 1.165) is 41.9 Å². The smallest absolute Gasteiger partial charge is 0.164 e. The molecular formula is C31H26N4. The standard InChI is InChI=1S/C31H26N4/c1-21-17-18-26(27-16-9-19-32-28(21)27)24-14-8-15-25(20-24)31-34-29(22-10-4-2-5-11-22)33-30(35-31)23-12-6-3-7-13-23/h2-7,9-14,16-18,20,32H,8,15,19H2,1H3. The van der Waals surface area contributed by atoms with Gasteiger partial charge in [0.25, 0.3) is 0 Å². The summed E-state index contributed by atoms with van der Waals surface area (Å²) in [6.07, 6.45) is 10.9. The molecule has 0 fully saturated rings. The Bertz CT molecular complexity index is 1420. The van der Waals surface area contributed by atoms with Gasteiger partial charge in [0.1, 0.15) is 0 Å². The van der Waals surface area contributed by atoms with Crippen molar-refractivity contribution in [1.82, 2.24) is 15.0 Å². The first-order chi connectivity index (χ1) is 17.3. The SMILES string of the molecule is Cc1ccc(C2=CCCC(c3nc(-c4ccccc4)nc(-c4ccccc4)n3)=C2)c2c1NCC=C2. The lowest BCUT2D eigenvalue weighted by molar-refractivity contribution is 0.979. The molecule has 0 spiro atoms. The first-order valence-electron chi connectivity index (χ1n) is 12.1. The molecule has 1 aromatic heterocycles. The maximum Gasteiger partial charge on any atom is 0.164 e. The van der Waals surface area contributed by atoms with Gasteiger partial charge in [-0.2, -0.15) is 0 Å². The molecule has 0 radical (unpaired) electrons. The third-order valence-electron chi connectivity index (χ3n) is 6.54. The van der Waals surface area contributed by atoms with Crippen LogP contribution < -0.4 is 5.32 Å². The van der Waals surface area contributed by atoms with E-state index < -0.39 is 0 Å². The zero-order valence-corrected chi connectivity index (χ0v) is 19.7. The number of aryl methyl sites for hydroxylation is 1. The highest BCUT2D eigenvalue weighted by molar-refractivity contribution is 5.91. The molecule has 4 nitrogen and oxygen atoms in total. The Morgan fingerprint density at radius 3 is 2.09 bits per heavy atom. The van der Waals surface area contributed by atoms with E-state index >= 15 is 0 Å². The molecule has 1 aliphatic heterocycles. The van der Waals surface area contributed by atoms with Gasteiger partial charge in [0.15, 0.2) is 17.5 Å². The van der Waals surface area contributed by atoms with Crippen LogP contribution in [0.15, 0.2) is 91.0 Å². The van der Waals surface area contributed by atoms with Crippen molar-refractivity contribution in [3.63, 3.8) is 0 Å². The molecule has 0 amide bonds. The molecule has 0 saturated heterocycles. The quantitative estimate of drug-likeness (QED) is 0.354. The van der Waals surface area contributed by atoms with E-state index in [-0.39, 0.29) is 0 Å². The second-order valence-electron chi connectivity index (χ2n) is 8.91. The van der Waals surface area contributed by atoms with Crippen molar-refractivity contribution < 1.29 is 0 Å². The Balaban J connectivity index is 1.47. The monoisotopic (exact) mass is 454 g/mol. The molecule has 1 N–H and O–H groups in total. The average molecular weight is 455 g/mol. The first kappa shape index (κ1) is 21.2. The number of nitrogens with zero attached hydrogens (tertiary/aromatic N) is 3. The van der Waals surface area contributed by atoms with Gasteiger partial charge in [-0.05, 0) is 48.1 Å². The third-order valence-corrected chi connectivity index (χ3v) is 6.54. The molecule has 3 aromatic carbocycles. The van der Waals surface area contributed by atoms with Crippen molar-refractivity contribution in [3.05, 3.63) is 114 Å². The largest absolute Gasteiger partial charge is 0.381 e. The summed E-state index contributed by atoms with van der Waals surface area (Å²) in [6, 6.07) is 24.7. The second-order valence-corrected chi connectivity index (χ2v) is 8.91. The Morgan fingerprint density at radius 2 is 1.40 bits per heavy atom. The van der Waals surface area contributed by atoms with Crippen LogP contribution in [-0.4, -0.2) is 21.5 Å². The molecule has 4 heteroatoms. The molecule has 0 bridgehead atoms. The zero-order chi connectivity index (χ0) is 23.6. The normalized spacial score (nSPS) is 14.5. The highest BCUT2D eigenvalue weighted by Crippen LogP contribution is 2.37. The summed E-state index contributed by atoms with van der Waals surface area (Å²) < 4.78 is 0. The lowest BCUT2D eigenvalue weighted by Crippen LogP contribution is -2.09. The molecule has 2 heterocycles. The van der Waals surface area contributed by atoms with Crippen LogP contribution >= 0.6 is 0 Å². The van der Waals surface area contributed by atoms with Crippen LogP contribution in [0.4, 0.5) is 5.69 Å². The fraction of sp³-hybridized carbons (Fsp3) is 0.129. The van der Waals surface area contributed by atoms with E-state index in [2.05, 4.69) is 48.7 Å². The Labute approximate surface area is 205 Å². The van der Waals surface area contributed by atoms with Crippen molar-refractivity contribution >= 4 is 22.9 Å². The van der Waals surface area contributed by atoms with Crippen molar-refractivity contribution in [2.75, 3.05) is 11.9 Å². The number of allylic oxidation sites excluding steroid dienone is 4. The lowest BCUT2D eigenvalue weighted by atomic mass is 9.89. The number of aromatic nitrogens is 3. The predicted octanol–water partition coefficient (Wildman–Crippen LogP) is 7.21. The van der Waals surface area contributed by atoms with Gasteiger partial charge in [0.2, 0.25) is 0 Å². The number of hydrogen-bond donors (Lipinski definition) is 1. The van der Waals surface area contributed by atoms with Gasteiger partial charge in [-0.15, -0.1) is 0 Å². The summed E-state index contributed by atoms with van der Waals surface area (Å²) >= 11 is 0. The number of anilines is 1. The highest BCUT2D eigenvalue weighted by Gasteiger charge is 2.19. The summed E-state index contributed by atoms with van der Waals surface area (Å²) in [6.45, 7) is 3.03. The lowest BCUT2D eigenvalue weighted by Gasteiger charge is -2.21. The molecule has 170 valence electrons. The molecule has 2 aliphatic rings. The second kappa shape index (κ2) is 9.15. The van der Waals surface area contributed by atoms with Gasteiger partial charge >= 0.3 is 0 Å². The van der Waals surface area contributed by atoms with Gasteiger partial charge in [-0.1, -0.05) is 91.0 Å². The van der Waals surface area contributed by atoms with Crippen LogP contribution in [0.25, 0.3) is 40.0 Å². The van der Waals surface area contributed by atoms with E-state index in [9.17, 15) is 0 Å². The van der Waals surface area contributed by atoms with Crippen molar-refractivity contribution in [3.8, 4) is 22.8 Å². The summed E-state index contributed by atoms with van der Waals surface area (Å²) in [5, 5.41) is 3.54. The predicted molar refractivity (Wildman–Crippen MR) is 145 cm³/mol. The fourth-order valence-electron chi connectivity index (χ4n) is 4.74. The van der Waals surface area contributed by atoms with E-state index in [4.69, 9.17) is 15.0 Å². The van der Waals surface area contributed by atoms with E-state index in [1.807, 2.05) is 60.7 Å². The van der Waals surface area contributed by atoms with Crippen LogP contribution in [0.1, 0.15) is 35.4 Å². The Hall–Kier alpha value is -4.31. The Kier molecular flexibility index (Phi) is 5.55.